The van der Waals surface area contributed by atoms with Crippen LogP contribution in [0.5, 0.6) is 0 Å². The van der Waals surface area contributed by atoms with Gasteiger partial charge >= 0.3 is 5.97 Å². The molecule has 0 aliphatic carbocycles. The highest BCUT2D eigenvalue weighted by Crippen LogP contribution is 2.23. The van der Waals surface area contributed by atoms with E-state index in [-0.39, 0.29) is 23.1 Å². The number of hydrogen-bond acceptors (Lipinski definition) is 8. The third kappa shape index (κ3) is 3.38. The number of nitrogens with two attached hydrogens (primary N) is 1. The Kier molecular flexibility index (Phi) is 4.37. The van der Waals surface area contributed by atoms with Gasteiger partial charge in [0.15, 0.2) is 9.09 Å². The van der Waals surface area contributed by atoms with E-state index in [4.69, 9.17) is 22.8 Å². The van der Waals surface area contributed by atoms with E-state index in [0.717, 1.165) is 27.1 Å². The maximum atomic E-state index is 11.3. The van der Waals surface area contributed by atoms with Crippen molar-refractivity contribution in [3.8, 4) is 0 Å². The van der Waals surface area contributed by atoms with E-state index >= 15 is 0 Å². The molecule has 0 saturated heterocycles. The molecule has 0 atom stereocenters. The minimum atomic E-state index is -1.23. The zero-order chi connectivity index (χ0) is 16.4. The van der Waals surface area contributed by atoms with Crippen LogP contribution in [0.4, 0.5) is 5.13 Å². The fraction of sp³-hybridized carbons (Fsp3) is 0.0769. The molecule has 4 N–H and O–H groups in total. The highest BCUT2D eigenvalue weighted by Gasteiger charge is 2.17. The topological polar surface area (TPSA) is 114 Å². The first-order chi connectivity index (χ1) is 11.0. The van der Waals surface area contributed by atoms with Crippen LogP contribution in [0.2, 0.25) is 0 Å². The fourth-order valence-electron chi connectivity index (χ4n) is 1.91. The number of fused-ring (bicyclic) bond motifs is 1. The molecule has 0 fully saturated rings. The Morgan fingerprint density at radius 1 is 1.52 bits per heavy atom. The van der Waals surface area contributed by atoms with Crippen LogP contribution in [0, 0.1) is 3.95 Å². The number of nitrogens with one attached hydrogen (secondary N) is 1. The summed E-state index contributed by atoms with van der Waals surface area (Å²) < 4.78 is 1.67. The number of nitrogen functional groups attached to an aromatic ring is 1. The number of anilines is 1. The number of carboxylic acid groups (broad SMARTS) is 1. The quantitative estimate of drug-likeness (QED) is 0.363. The lowest BCUT2D eigenvalue weighted by Crippen LogP contribution is -2.15. The molecule has 0 bridgehead atoms. The highest BCUT2D eigenvalue weighted by molar-refractivity contribution is 7.73. The first-order valence-corrected chi connectivity index (χ1v) is 8.40. The number of para-hydroxylation sites is 1. The van der Waals surface area contributed by atoms with Crippen LogP contribution in [0.3, 0.4) is 0 Å². The van der Waals surface area contributed by atoms with Crippen LogP contribution < -0.4 is 5.73 Å². The van der Waals surface area contributed by atoms with Gasteiger partial charge in [-0.15, -0.1) is 22.7 Å². The molecule has 0 saturated carbocycles. The Morgan fingerprint density at radius 3 is 3.04 bits per heavy atom. The normalized spacial score (nSPS) is 11.7. The summed E-state index contributed by atoms with van der Waals surface area (Å²) in [7, 11) is 0. The predicted molar refractivity (Wildman–Crippen MR) is 92.5 cm³/mol. The molecule has 1 aromatic carbocycles. The lowest BCUT2D eigenvalue weighted by molar-refractivity contribution is -0.129. The van der Waals surface area contributed by atoms with Gasteiger partial charge in [0.1, 0.15) is 12.3 Å². The SMILES string of the molecule is Nc1nc(C(=NOCc2cccc3sc(=S)[nH]c23)C(=O)O)cs1. The van der Waals surface area contributed by atoms with Gasteiger partial charge in [-0.25, -0.2) is 9.78 Å². The van der Waals surface area contributed by atoms with Crippen LogP contribution in [0.25, 0.3) is 10.2 Å². The van der Waals surface area contributed by atoms with Gasteiger partial charge in [-0.1, -0.05) is 17.3 Å². The maximum absolute atomic E-state index is 11.3. The Labute approximate surface area is 143 Å². The summed E-state index contributed by atoms with van der Waals surface area (Å²) in [5.74, 6) is -1.23. The van der Waals surface area contributed by atoms with Crippen molar-refractivity contribution >= 4 is 61.9 Å². The molecule has 118 valence electrons. The molecule has 2 aromatic heterocycles. The van der Waals surface area contributed by atoms with Gasteiger partial charge in [0.2, 0.25) is 5.71 Å². The zero-order valence-electron chi connectivity index (χ0n) is 11.5. The molecule has 0 unspecified atom stereocenters. The number of rotatable bonds is 5. The molecule has 10 heteroatoms. The van der Waals surface area contributed by atoms with E-state index in [1.165, 1.54) is 16.7 Å². The van der Waals surface area contributed by atoms with Crippen molar-refractivity contribution in [3.63, 3.8) is 0 Å². The number of carbonyl (C=O) groups is 1. The number of hydrogen-bond donors (Lipinski definition) is 3. The molecular formula is C13H10N4O3S3. The summed E-state index contributed by atoms with van der Waals surface area (Å²) in [6.07, 6.45) is 0. The van der Waals surface area contributed by atoms with Gasteiger partial charge in [0.05, 0.1) is 10.2 Å². The second kappa shape index (κ2) is 6.44. The number of oxime groups is 1. The molecule has 23 heavy (non-hydrogen) atoms. The van der Waals surface area contributed by atoms with Crippen molar-refractivity contribution in [2.75, 3.05) is 5.73 Å². The third-order valence-electron chi connectivity index (χ3n) is 2.89. The van der Waals surface area contributed by atoms with Gasteiger partial charge in [-0.05, 0) is 18.3 Å². The average Bonchev–Trinajstić information content (AvgIpc) is 3.08. The number of aliphatic carboxylic acids is 1. The molecule has 0 aliphatic rings. The van der Waals surface area contributed by atoms with Crippen molar-refractivity contribution in [2.24, 2.45) is 5.16 Å². The van der Waals surface area contributed by atoms with Gasteiger partial charge in [-0.3, -0.25) is 0 Å². The molecule has 3 rings (SSSR count). The van der Waals surface area contributed by atoms with Crippen molar-refractivity contribution < 1.29 is 14.7 Å². The zero-order valence-corrected chi connectivity index (χ0v) is 13.9. The second-order valence-electron chi connectivity index (χ2n) is 4.39. The van der Waals surface area contributed by atoms with Crippen molar-refractivity contribution in [1.82, 2.24) is 9.97 Å². The van der Waals surface area contributed by atoms with Gasteiger partial charge in [-0.2, -0.15) is 0 Å². The monoisotopic (exact) mass is 366 g/mol. The molecule has 0 radical (unpaired) electrons. The van der Waals surface area contributed by atoms with E-state index in [1.807, 2.05) is 18.2 Å². The van der Waals surface area contributed by atoms with Crippen LogP contribution in [0.1, 0.15) is 11.3 Å². The van der Waals surface area contributed by atoms with Gasteiger partial charge in [0.25, 0.3) is 0 Å². The van der Waals surface area contributed by atoms with E-state index in [1.54, 1.807) is 0 Å². The third-order valence-corrected chi connectivity index (χ3v) is 4.76. The lowest BCUT2D eigenvalue weighted by atomic mass is 10.2. The number of aromatic amines is 1. The summed E-state index contributed by atoms with van der Waals surface area (Å²) in [5, 5.41) is 14.7. The summed E-state index contributed by atoms with van der Waals surface area (Å²) in [5.41, 5.74) is 7.09. The van der Waals surface area contributed by atoms with Crippen LogP contribution in [-0.2, 0) is 16.2 Å². The van der Waals surface area contributed by atoms with Gasteiger partial charge < -0.3 is 20.7 Å². The molecule has 0 spiro atoms. The summed E-state index contributed by atoms with van der Waals surface area (Å²) in [6, 6.07) is 5.68. The Bertz CT molecular complexity index is 957. The Balaban J connectivity index is 1.83. The van der Waals surface area contributed by atoms with E-state index in [9.17, 15) is 9.90 Å². The fourth-order valence-corrected chi connectivity index (χ4v) is 3.61. The molecular weight excluding hydrogens is 356 g/mol. The molecule has 0 aliphatic heterocycles. The van der Waals surface area contributed by atoms with E-state index in [2.05, 4.69) is 15.1 Å². The van der Waals surface area contributed by atoms with Crippen molar-refractivity contribution in [1.29, 1.82) is 0 Å². The van der Waals surface area contributed by atoms with E-state index in [0.29, 0.717) is 3.95 Å². The number of nitrogens with zero attached hydrogens (tertiary/aromatic N) is 2. The lowest BCUT2D eigenvalue weighted by Gasteiger charge is -2.03. The summed E-state index contributed by atoms with van der Waals surface area (Å²) in [4.78, 5) is 23.4. The predicted octanol–water partition coefficient (Wildman–Crippen LogP) is 3.00. The first kappa shape index (κ1) is 15.6. The smallest absolute Gasteiger partial charge is 0.360 e. The standard InChI is InChI=1S/C13H10N4O3S3/c14-12-15-7(5-22-12)10(11(18)19)17-20-4-6-2-1-3-8-9(6)16-13(21)23-8/h1-3,5H,4H2,(H2,14,15)(H,16,21)(H,18,19). The second-order valence-corrected chi connectivity index (χ2v) is 7.00. The summed E-state index contributed by atoms with van der Waals surface area (Å²) in [6.45, 7) is 0.107. The van der Waals surface area contributed by atoms with Crippen molar-refractivity contribution in [3.05, 3.63) is 38.8 Å². The van der Waals surface area contributed by atoms with E-state index < -0.39 is 5.97 Å². The number of H-pyrrole nitrogens is 1. The Hall–Kier alpha value is -2.30. The van der Waals surface area contributed by atoms with Gasteiger partial charge in [0, 0.05) is 10.9 Å². The summed E-state index contributed by atoms with van der Waals surface area (Å²) >= 11 is 7.72. The number of carboxylic acids is 1. The highest BCUT2D eigenvalue weighted by atomic mass is 32.1. The largest absolute Gasteiger partial charge is 0.476 e. The molecule has 0 amide bonds. The minimum Gasteiger partial charge on any atom is -0.476 e. The van der Waals surface area contributed by atoms with Crippen LogP contribution in [0.15, 0.2) is 28.7 Å². The molecule has 3 aromatic rings. The number of aromatic nitrogens is 2. The maximum Gasteiger partial charge on any atom is 0.360 e. The van der Waals surface area contributed by atoms with Crippen molar-refractivity contribution in [2.45, 2.75) is 6.61 Å². The molecule has 7 nitrogen and oxygen atoms in total. The van der Waals surface area contributed by atoms with Crippen LogP contribution >= 0.6 is 34.9 Å². The first-order valence-electron chi connectivity index (χ1n) is 6.30. The molecule has 2 heterocycles. The van der Waals surface area contributed by atoms with Crippen LogP contribution in [-0.4, -0.2) is 26.8 Å². The minimum absolute atomic E-state index is 0.107. The average molecular weight is 366 g/mol. The Morgan fingerprint density at radius 2 is 2.35 bits per heavy atom. The number of benzene rings is 1. The number of thiazole rings is 2.